The summed E-state index contributed by atoms with van der Waals surface area (Å²) >= 11 is 9.73. The van der Waals surface area contributed by atoms with Gasteiger partial charge in [0, 0.05) is 10.6 Å². The third-order valence-corrected chi connectivity index (χ3v) is 8.72. The number of hydrazone groups is 1. The van der Waals surface area contributed by atoms with Gasteiger partial charge in [0.1, 0.15) is 13.2 Å². The van der Waals surface area contributed by atoms with Crippen LogP contribution in [-0.4, -0.2) is 34.2 Å². The van der Waals surface area contributed by atoms with Crippen molar-refractivity contribution in [2.45, 2.75) is 18.4 Å². The molecule has 0 heterocycles. The van der Waals surface area contributed by atoms with Crippen molar-refractivity contribution in [1.82, 2.24) is 5.43 Å². The van der Waals surface area contributed by atoms with Crippen LogP contribution in [-0.2, 0) is 21.4 Å². The van der Waals surface area contributed by atoms with Crippen LogP contribution in [0.5, 0.6) is 11.5 Å². The molecule has 0 atom stereocenters. The Bertz CT molecular complexity index is 1670. The molecule has 0 spiro atoms. The molecule has 4 aromatic carbocycles. The highest BCUT2D eigenvalue weighted by molar-refractivity contribution is 9.10. The molecular weight excluding hydrogens is 630 g/mol. The summed E-state index contributed by atoms with van der Waals surface area (Å²) in [6, 6.07) is 25.8. The molecule has 0 bridgehead atoms. The van der Waals surface area contributed by atoms with E-state index in [1.807, 2.05) is 18.2 Å². The number of hydrogen-bond donors (Lipinski definition) is 1. The van der Waals surface area contributed by atoms with E-state index < -0.39 is 22.5 Å². The minimum atomic E-state index is -4.02. The summed E-state index contributed by atoms with van der Waals surface area (Å²) in [6.45, 7) is 1.55. The van der Waals surface area contributed by atoms with Gasteiger partial charge in [-0.1, -0.05) is 66.2 Å². The number of anilines is 1. The van der Waals surface area contributed by atoms with Crippen LogP contribution in [0.3, 0.4) is 0 Å². The smallest absolute Gasteiger partial charge is 0.264 e. The third-order valence-electron chi connectivity index (χ3n) is 5.99. The second-order valence-electron chi connectivity index (χ2n) is 8.82. The number of benzene rings is 4. The highest BCUT2D eigenvalue weighted by Crippen LogP contribution is 2.37. The van der Waals surface area contributed by atoms with Crippen molar-refractivity contribution in [2.24, 2.45) is 5.10 Å². The van der Waals surface area contributed by atoms with Gasteiger partial charge in [-0.15, -0.1) is 0 Å². The Labute approximate surface area is 252 Å². The lowest BCUT2D eigenvalue weighted by molar-refractivity contribution is -0.119. The molecule has 0 fully saturated rings. The molecule has 0 saturated heterocycles. The Hall–Kier alpha value is -3.86. The van der Waals surface area contributed by atoms with Gasteiger partial charge in [0.2, 0.25) is 0 Å². The fourth-order valence-electron chi connectivity index (χ4n) is 3.93. The Morgan fingerprint density at radius 3 is 2.41 bits per heavy atom. The quantitative estimate of drug-likeness (QED) is 0.150. The SMILES string of the molecule is COc1cc(/C=N\NC(=O)CN(c2ccccc2C)S(=O)(=O)c2ccccc2)cc(Br)c1OCc1ccccc1Cl. The Kier molecular flexibility index (Phi) is 10.0. The zero-order valence-corrected chi connectivity index (χ0v) is 25.4. The first-order chi connectivity index (χ1) is 19.7. The van der Waals surface area contributed by atoms with Gasteiger partial charge in [-0.25, -0.2) is 13.8 Å². The van der Waals surface area contributed by atoms with Gasteiger partial charge >= 0.3 is 0 Å². The average Bonchev–Trinajstić information content (AvgIpc) is 2.97. The number of rotatable bonds is 11. The van der Waals surface area contributed by atoms with E-state index >= 15 is 0 Å². The van der Waals surface area contributed by atoms with Gasteiger partial charge < -0.3 is 9.47 Å². The van der Waals surface area contributed by atoms with Crippen molar-refractivity contribution < 1.29 is 22.7 Å². The molecule has 0 aromatic heterocycles. The van der Waals surface area contributed by atoms with Gasteiger partial charge in [-0.2, -0.15) is 5.10 Å². The van der Waals surface area contributed by atoms with Gasteiger partial charge in [0.25, 0.3) is 15.9 Å². The molecule has 11 heteroatoms. The maximum atomic E-state index is 13.5. The van der Waals surface area contributed by atoms with E-state index in [-0.39, 0.29) is 11.5 Å². The number of aryl methyl sites for hydroxylation is 1. The predicted octanol–water partition coefficient (Wildman–Crippen LogP) is 6.34. The number of carbonyl (C=O) groups excluding carboxylic acids is 1. The number of halogens is 2. The van der Waals surface area contributed by atoms with Crippen LogP contribution in [0.2, 0.25) is 5.02 Å². The first kappa shape index (κ1) is 30.1. The zero-order chi connectivity index (χ0) is 29.4. The third kappa shape index (κ3) is 7.46. The summed E-state index contributed by atoms with van der Waals surface area (Å²) in [4.78, 5) is 13.0. The molecule has 1 N–H and O–H groups in total. The summed E-state index contributed by atoms with van der Waals surface area (Å²) in [5, 5.41) is 4.63. The minimum absolute atomic E-state index is 0.0772. The lowest BCUT2D eigenvalue weighted by atomic mass is 10.2. The molecule has 0 radical (unpaired) electrons. The van der Waals surface area contributed by atoms with Crippen molar-refractivity contribution in [2.75, 3.05) is 18.0 Å². The van der Waals surface area contributed by atoms with Crippen LogP contribution >= 0.6 is 27.5 Å². The van der Waals surface area contributed by atoms with Crippen LogP contribution in [0.15, 0.2) is 105 Å². The summed E-state index contributed by atoms with van der Waals surface area (Å²) in [5.74, 6) is 0.308. The molecule has 4 aromatic rings. The predicted molar refractivity (Wildman–Crippen MR) is 164 cm³/mol. The van der Waals surface area contributed by atoms with Crippen LogP contribution in [0, 0.1) is 6.92 Å². The second kappa shape index (κ2) is 13.7. The van der Waals surface area contributed by atoms with Crippen LogP contribution in [0.25, 0.3) is 0 Å². The summed E-state index contributed by atoms with van der Waals surface area (Å²) in [5.41, 5.74) is 4.95. The van der Waals surface area contributed by atoms with Crippen LogP contribution < -0.4 is 19.2 Å². The van der Waals surface area contributed by atoms with E-state index in [0.29, 0.717) is 37.8 Å². The van der Waals surface area contributed by atoms with Crippen molar-refractivity contribution in [1.29, 1.82) is 0 Å². The summed E-state index contributed by atoms with van der Waals surface area (Å²) in [6.07, 6.45) is 1.42. The zero-order valence-electron chi connectivity index (χ0n) is 22.3. The summed E-state index contributed by atoms with van der Waals surface area (Å²) < 4.78 is 40.1. The molecule has 1 amide bonds. The highest BCUT2D eigenvalue weighted by Gasteiger charge is 2.28. The molecular formula is C30H27BrClN3O5S. The number of nitrogens with zero attached hydrogens (tertiary/aromatic N) is 2. The Morgan fingerprint density at radius 2 is 1.71 bits per heavy atom. The molecule has 0 aliphatic carbocycles. The maximum absolute atomic E-state index is 13.5. The largest absolute Gasteiger partial charge is 0.493 e. The molecule has 0 aliphatic rings. The molecule has 0 aliphatic heterocycles. The van der Waals surface area contributed by atoms with Crippen molar-refractivity contribution in [3.8, 4) is 11.5 Å². The van der Waals surface area contributed by atoms with Gasteiger partial charge in [0.05, 0.1) is 28.4 Å². The number of carbonyl (C=O) groups is 1. The van der Waals surface area contributed by atoms with Crippen molar-refractivity contribution in [3.05, 3.63) is 117 Å². The van der Waals surface area contributed by atoms with Gasteiger partial charge in [-0.3, -0.25) is 9.10 Å². The molecule has 0 saturated carbocycles. The number of methoxy groups -OCH3 is 1. The average molecular weight is 657 g/mol. The van der Waals surface area contributed by atoms with Crippen molar-refractivity contribution >= 4 is 55.4 Å². The first-order valence-electron chi connectivity index (χ1n) is 12.4. The van der Waals surface area contributed by atoms with Gasteiger partial charge in [-0.05, 0) is 70.4 Å². The van der Waals surface area contributed by atoms with Gasteiger partial charge in [0.15, 0.2) is 11.5 Å². The normalized spacial score (nSPS) is 11.3. The van der Waals surface area contributed by atoms with E-state index in [9.17, 15) is 13.2 Å². The molecule has 0 unspecified atom stereocenters. The van der Waals surface area contributed by atoms with E-state index in [2.05, 4.69) is 26.5 Å². The van der Waals surface area contributed by atoms with Crippen molar-refractivity contribution in [3.63, 3.8) is 0 Å². The molecule has 212 valence electrons. The number of hydrogen-bond acceptors (Lipinski definition) is 6. The number of para-hydroxylation sites is 1. The molecule has 41 heavy (non-hydrogen) atoms. The lowest BCUT2D eigenvalue weighted by Crippen LogP contribution is -2.40. The number of sulfonamides is 1. The van der Waals surface area contributed by atoms with E-state index in [1.54, 1.807) is 67.6 Å². The highest BCUT2D eigenvalue weighted by atomic mass is 79.9. The first-order valence-corrected chi connectivity index (χ1v) is 15.0. The summed E-state index contributed by atoms with van der Waals surface area (Å²) in [7, 11) is -2.51. The van der Waals surface area contributed by atoms with E-state index in [0.717, 1.165) is 9.87 Å². The monoisotopic (exact) mass is 655 g/mol. The van der Waals surface area contributed by atoms with E-state index in [1.165, 1.54) is 25.5 Å². The molecule has 4 rings (SSSR count). The Balaban J connectivity index is 1.49. The number of amides is 1. The Morgan fingerprint density at radius 1 is 1.02 bits per heavy atom. The fraction of sp³-hybridized carbons (Fsp3) is 0.133. The van der Waals surface area contributed by atoms with Crippen LogP contribution in [0.4, 0.5) is 5.69 Å². The topological polar surface area (TPSA) is 97.3 Å². The molecule has 8 nitrogen and oxygen atoms in total. The fourth-order valence-corrected chi connectivity index (χ4v) is 6.20. The van der Waals surface area contributed by atoms with Crippen LogP contribution in [0.1, 0.15) is 16.7 Å². The lowest BCUT2D eigenvalue weighted by Gasteiger charge is -2.25. The standard InChI is InChI=1S/C30H27BrClN3O5S/c1-21-10-6-9-15-27(21)35(41(37,38)24-12-4-3-5-13-24)19-29(36)34-33-18-22-16-25(31)30(28(17-22)39-2)40-20-23-11-7-8-14-26(23)32/h3-18H,19-20H2,1-2H3,(H,34,36)/b33-18-. The maximum Gasteiger partial charge on any atom is 0.264 e. The minimum Gasteiger partial charge on any atom is -0.493 e. The van der Waals surface area contributed by atoms with E-state index in [4.69, 9.17) is 21.1 Å². The second-order valence-corrected chi connectivity index (χ2v) is 11.9. The number of nitrogens with one attached hydrogen (secondary N) is 1. The number of ether oxygens (including phenoxy) is 2.